The fraction of sp³-hybridized carbons (Fsp3) is 0.235. The van der Waals surface area contributed by atoms with Crippen molar-refractivity contribution in [1.29, 1.82) is 0 Å². The summed E-state index contributed by atoms with van der Waals surface area (Å²) in [6.45, 7) is 3.17. The number of benzene rings is 3. The van der Waals surface area contributed by atoms with E-state index in [0.29, 0.717) is 24.5 Å². The number of hydrogen-bond acceptors (Lipinski definition) is 6. The predicted octanol–water partition coefficient (Wildman–Crippen LogP) is 3.32. The van der Waals surface area contributed by atoms with E-state index in [1.54, 1.807) is 48.8 Å². The molecule has 222 valence electrons. The van der Waals surface area contributed by atoms with Crippen molar-refractivity contribution in [3.05, 3.63) is 131 Å². The Hall–Kier alpha value is -5.02. The van der Waals surface area contributed by atoms with E-state index in [4.69, 9.17) is 10.5 Å². The SMILES string of the molecule is CCOc1ccc(C[C@@H](NC(=O)c2ccccc2)C(=O)N[C@@H](Cc2ccncc2)C(=O)NCc2ccc(CN)cc2)cc1. The molecule has 0 aliphatic heterocycles. The summed E-state index contributed by atoms with van der Waals surface area (Å²) in [4.78, 5) is 44.4. The zero-order valence-corrected chi connectivity index (χ0v) is 24.2. The summed E-state index contributed by atoms with van der Waals surface area (Å²) >= 11 is 0. The van der Waals surface area contributed by atoms with E-state index in [0.717, 1.165) is 22.3 Å². The molecule has 5 N–H and O–H groups in total. The summed E-state index contributed by atoms with van der Waals surface area (Å²) < 4.78 is 5.53. The second-order valence-corrected chi connectivity index (χ2v) is 10.0. The van der Waals surface area contributed by atoms with Crippen LogP contribution in [0.15, 0.2) is 103 Å². The number of nitrogens with two attached hydrogens (primary N) is 1. The van der Waals surface area contributed by atoms with Crippen molar-refractivity contribution in [2.75, 3.05) is 6.61 Å². The van der Waals surface area contributed by atoms with E-state index < -0.39 is 18.0 Å². The van der Waals surface area contributed by atoms with Gasteiger partial charge in [0.25, 0.3) is 5.91 Å². The highest BCUT2D eigenvalue weighted by Gasteiger charge is 2.28. The van der Waals surface area contributed by atoms with Crippen LogP contribution in [0.4, 0.5) is 0 Å². The molecule has 3 amide bonds. The number of carbonyl (C=O) groups is 3. The Balaban J connectivity index is 1.53. The first kappa shape index (κ1) is 30.9. The Bertz CT molecular complexity index is 1460. The summed E-state index contributed by atoms with van der Waals surface area (Å²) in [5.74, 6) is -0.489. The molecule has 0 bridgehead atoms. The molecule has 1 aromatic heterocycles. The summed E-state index contributed by atoms with van der Waals surface area (Å²) in [6, 6.07) is 25.5. The number of carbonyl (C=O) groups excluding carboxylic acids is 3. The lowest BCUT2D eigenvalue weighted by atomic mass is 10.0. The predicted molar refractivity (Wildman–Crippen MR) is 165 cm³/mol. The first-order chi connectivity index (χ1) is 20.9. The number of rotatable bonds is 14. The second-order valence-electron chi connectivity index (χ2n) is 10.0. The highest BCUT2D eigenvalue weighted by atomic mass is 16.5. The van der Waals surface area contributed by atoms with E-state index in [-0.39, 0.29) is 31.2 Å². The molecule has 2 atom stereocenters. The summed E-state index contributed by atoms with van der Waals surface area (Å²) in [7, 11) is 0. The number of amides is 3. The van der Waals surface area contributed by atoms with Gasteiger partial charge in [-0.15, -0.1) is 0 Å². The molecule has 3 aromatic carbocycles. The van der Waals surface area contributed by atoms with E-state index >= 15 is 0 Å². The number of nitrogens with one attached hydrogen (secondary N) is 3. The number of aromatic nitrogens is 1. The summed E-state index contributed by atoms with van der Waals surface area (Å²) in [6.07, 6.45) is 3.74. The minimum absolute atomic E-state index is 0.216. The largest absolute Gasteiger partial charge is 0.494 e. The molecule has 9 heteroatoms. The van der Waals surface area contributed by atoms with E-state index in [9.17, 15) is 14.4 Å². The third-order valence-corrected chi connectivity index (χ3v) is 6.88. The molecule has 0 saturated carbocycles. The molecule has 0 aliphatic carbocycles. The van der Waals surface area contributed by atoms with Gasteiger partial charge in [-0.2, -0.15) is 0 Å². The molecule has 0 radical (unpaired) electrons. The smallest absolute Gasteiger partial charge is 0.251 e. The Labute approximate surface area is 251 Å². The van der Waals surface area contributed by atoms with E-state index in [1.807, 2.05) is 61.5 Å². The Morgan fingerprint density at radius 2 is 1.30 bits per heavy atom. The van der Waals surface area contributed by atoms with Gasteiger partial charge in [-0.05, 0) is 65.6 Å². The topological polar surface area (TPSA) is 135 Å². The fourth-order valence-electron chi connectivity index (χ4n) is 4.51. The minimum atomic E-state index is -0.942. The molecule has 0 fully saturated rings. The van der Waals surface area contributed by atoms with Crippen LogP contribution in [0.25, 0.3) is 0 Å². The summed E-state index contributed by atoms with van der Waals surface area (Å²) in [5, 5.41) is 8.70. The Morgan fingerprint density at radius 1 is 0.721 bits per heavy atom. The molecule has 43 heavy (non-hydrogen) atoms. The van der Waals surface area contributed by atoms with Crippen LogP contribution in [0.1, 0.15) is 39.5 Å². The van der Waals surface area contributed by atoms with Gasteiger partial charge in [0.2, 0.25) is 11.8 Å². The average molecular weight is 580 g/mol. The average Bonchev–Trinajstić information content (AvgIpc) is 3.05. The molecule has 9 nitrogen and oxygen atoms in total. The van der Waals surface area contributed by atoms with Crippen LogP contribution in [0, 0.1) is 0 Å². The van der Waals surface area contributed by atoms with Crippen LogP contribution in [0.5, 0.6) is 5.75 Å². The third-order valence-electron chi connectivity index (χ3n) is 6.88. The number of nitrogens with zero attached hydrogens (tertiary/aromatic N) is 1. The van der Waals surface area contributed by atoms with Crippen molar-refractivity contribution in [3.63, 3.8) is 0 Å². The maximum Gasteiger partial charge on any atom is 0.251 e. The van der Waals surface area contributed by atoms with Gasteiger partial charge in [0.15, 0.2) is 0 Å². The number of pyridine rings is 1. The lowest BCUT2D eigenvalue weighted by Crippen LogP contribution is -2.55. The lowest BCUT2D eigenvalue weighted by molar-refractivity contribution is -0.130. The lowest BCUT2D eigenvalue weighted by Gasteiger charge is -2.24. The molecular formula is C34H37N5O4. The molecule has 1 heterocycles. The van der Waals surface area contributed by atoms with Gasteiger partial charge in [0.1, 0.15) is 17.8 Å². The maximum atomic E-state index is 13.8. The van der Waals surface area contributed by atoms with Crippen molar-refractivity contribution in [1.82, 2.24) is 20.9 Å². The Morgan fingerprint density at radius 3 is 1.93 bits per heavy atom. The quantitative estimate of drug-likeness (QED) is 0.181. The van der Waals surface area contributed by atoms with Gasteiger partial charge < -0.3 is 26.4 Å². The summed E-state index contributed by atoms with van der Waals surface area (Å²) in [5.41, 5.74) is 9.68. The first-order valence-electron chi connectivity index (χ1n) is 14.3. The van der Waals surface area contributed by atoms with Crippen LogP contribution >= 0.6 is 0 Å². The van der Waals surface area contributed by atoms with Gasteiger partial charge in [-0.1, -0.05) is 54.6 Å². The molecule has 4 rings (SSSR count). The number of hydrogen-bond donors (Lipinski definition) is 4. The van der Waals surface area contributed by atoms with Crippen molar-refractivity contribution in [3.8, 4) is 5.75 Å². The van der Waals surface area contributed by atoms with Gasteiger partial charge >= 0.3 is 0 Å². The van der Waals surface area contributed by atoms with Crippen LogP contribution in [-0.2, 0) is 35.5 Å². The van der Waals surface area contributed by atoms with Crippen LogP contribution in [0.3, 0.4) is 0 Å². The van der Waals surface area contributed by atoms with Crippen molar-refractivity contribution >= 4 is 17.7 Å². The van der Waals surface area contributed by atoms with Gasteiger partial charge in [-0.3, -0.25) is 19.4 Å². The molecule has 0 spiro atoms. The highest BCUT2D eigenvalue weighted by Crippen LogP contribution is 2.14. The van der Waals surface area contributed by atoms with Crippen LogP contribution < -0.4 is 26.4 Å². The molecular weight excluding hydrogens is 542 g/mol. The standard InChI is InChI=1S/C34H37N5O4/c1-2-43-29-14-12-24(13-15-29)20-31(38-32(40)28-6-4-3-5-7-28)34(42)39-30(21-25-16-18-36-19-17-25)33(41)37-23-27-10-8-26(22-35)9-11-27/h3-19,30-31H,2,20-23,35H2,1H3,(H,37,41)(H,38,40)(H,39,42)/t30-,31+/m0/s1. The zero-order chi connectivity index (χ0) is 30.4. The third kappa shape index (κ3) is 9.51. The van der Waals surface area contributed by atoms with Crippen molar-refractivity contribution < 1.29 is 19.1 Å². The molecule has 4 aromatic rings. The molecule has 0 unspecified atom stereocenters. The Kier molecular flexibility index (Phi) is 11.4. The van der Waals surface area contributed by atoms with E-state index in [1.165, 1.54) is 0 Å². The monoisotopic (exact) mass is 579 g/mol. The first-order valence-corrected chi connectivity index (χ1v) is 14.3. The number of ether oxygens (including phenoxy) is 1. The maximum absolute atomic E-state index is 13.8. The second kappa shape index (κ2) is 15.8. The van der Waals surface area contributed by atoms with E-state index in [2.05, 4.69) is 20.9 Å². The van der Waals surface area contributed by atoms with Crippen molar-refractivity contribution in [2.45, 2.75) is 44.9 Å². The van der Waals surface area contributed by atoms with Crippen LogP contribution in [-0.4, -0.2) is 41.4 Å². The fourth-order valence-corrected chi connectivity index (χ4v) is 4.51. The zero-order valence-electron chi connectivity index (χ0n) is 24.2. The van der Waals surface area contributed by atoms with Gasteiger partial charge in [0, 0.05) is 43.9 Å². The van der Waals surface area contributed by atoms with Crippen molar-refractivity contribution in [2.24, 2.45) is 5.73 Å². The molecule has 0 saturated heterocycles. The minimum Gasteiger partial charge on any atom is -0.494 e. The van der Waals surface area contributed by atoms with Gasteiger partial charge in [-0.25, -0.2) is 0 Å². The van der Waals surface area contributed by atoms with Crippen LogP contribution in [0.2, 0.25) is 0 Å². The molecule has 0 aliphatic rings. The normalized spacial score (nSPS) is 12.0. The highest BCUT2D eigenvalue weighted by molar-refractivity contribution is 5.98. The van der Waals surface area contributed by atoms with Gasteiger partial charge in [0.05, 0.1) is 6.61 Å².